The van der Waals surface area contributed by atoms with Gasteiger partial charge in [0.2, 0.25) is 0 Å². The summed E-state index contributed by atoms with van der Waals surface area (Å²) in [5.41, 5.74) is 0.991. The van der Waals surface area contributed by atoms with Crippen molar-refractivity contribution < 1.29 is 5.11 Å². The van der Waals surface area contributed by atoms with E-state index < -0.39 is 0 Å². The van der Waals surface area contributed by atoms with Crippen LogP contribution in [0.4, 0.5) is 0 Å². The Morgan fingerprint density at radius 3 is 2.25 bits per heavy atom. The average molecular weight is 169 g/mol. The van der Waals surface area contributed by atoms with Gasteiger partial charge in [-0.15, -0.1) is 0 Å². The molecule has 1 radical (unpaired) electrons. The van der Waals surface area contributed by atoms with Crippen LogP contribution in [-0.2, 0) is 5.11 Å². The summed E-state index contributed by atoms with van der Waals surface area (Å²) in [5, 5.41) is 10.2. The van der Waals surface area contributed by atoms with Gasteiger partial charge in [-0.3, -0.25) is 5.11 Å². The van der Waals surface area contributed by atoms with Crippen molar-refractivity contribution in [3.8, 4) is 0 Å². The monoisotopic (exact) mass is 169 g/mol. The van der Waals surface area contributed by atoms with Gasteiger partial charge >= 0.3 is 0 Å². The molecule has 0 aromatic rings. The Balaban J connectivity index is 3.00. The van der Waals surface area contributed by atoms with Gasteiger partial charge in [-0.25, -0.2) is 0 Å². The molecule has 0 aliphatic rings. The Hall–Kier alpha value is -0.460. The average Bonchev–Trinajstić information content (AvgIpc) is 2.10. The molecule has 0 aliphatic heterocycles. The van der Waals surface area contributed by atoms with Crippen LogP contribution in [-0.4, -0.2) is 0 Å². The number of hydrogen-bond donors (Lipinski definition) is 0. The number of unbranched alkanes of at least 4 members (excludes halogenated alkanes) is 5. The minimum absolute atomic E-state index is 0.978. The zero-order valence-corrected chi connectivity index (χ0v) is 8.44. The molecular formula is C11H21O. The molecule has 0 heterocycles. The maximum Gasteiger partial charge on any atom is 0.141 e. The summed E-state index contributed by atoms with van der Waals surface area (Å²) < 4.78 is 0. The second-order valence-corrected chi connectivity index (χ2v) is 3.48. The Morgan fingerprint density at radius 2 is 1.67 bits per heavy atom. The summed E-state index contributed by atoms with van der Waals surface area (Å²) in [7, 11) is 0. The van der Waals surface area contributed by atoms with E-state index in [-0.39, 0.29) is 0 Å². The molecule has 0 aromatic carbocycles. The maximum atomic E-state index is 10.2. The molecule has 0 aliphatic carbocycles. The van der Waals surface area contributed by atoms with E-state index in [1.165, 1.54) is 38.5 Å². The molecule has 0 saturated carbocycles. The summed E-state index contributed by atoms with van der Waals surface area (Å²) in [6.07, 6.45) is 9.80. The molecule has 0 N–H and O–H groups in total. The van der Waals surface area contributed by atoms with E-state index in [9.17, 15) is 5.11 Å². The fourth-order valence-corrected chi connectivity index (χ4v) is 1.24. The van der Waals surface area contributed by atoms with E-state index in [0.29, 0.717) is 0 Å². The van der Waals surface area contributed by atoms with E-state index in [4.69, 9.17) is 0 Å². The first-order valence-corrected chi connectivity index (χ1v) is 5.09. The first kappa shape index (κ1) is 11.5. The highest BCUT2D eigenvalue weighted by Crippen LogP contribution is 2.10. The van der Waals surface area contributed by atoms with Crippen molar-refractivity contribution in [3.63, 3.8) is 0 Å². The zero-order chi connectivity index (χ0) is 9.23. The first-order chi connectivity index (χ1) is 5.81. The third-order valence-electron chi connectivity index (χ3n) is 2.13. The largest absolute Gasteiger partial charge is 0.299 e. The third kappa shape index (κ3) is 7.64. The fourth-order valence-electron chi connectivity index (χ4n) is 1.24. The van der Waals surface area contributed by atoms with Crippen LogP contribution < -0.4 is 0 Å². The van der Waals surface area contributed by atoms with Crippen molar-refractivity contribution in [2.75, 3.05) is 0 Å². The predicted molar refractivity (Wildman–Crippen MR) is 52.4 cm³/mol. The lowest BCUT2D eigenvalue weighted by molar-refractivity contribution is 0.344. The van der Waals surface area contributed by atoms with Gasteiger partial charge in [0.05, 0.1) is 0 Å². The molecule has 1 nitrogen and oxygen atoms in total. The number of allylic oxidation sites excluding steroid dienone is 1. The molecule has 0 aromatic heterocycles. The second-order valence-electron chi connectivity index (χ2n) is 3.48. The highest BCUT2D eigenvalue weighted by molar-refractivity contribution is 4.90. The molecule has 0 spiro atoms. The lowest BCUT2D eigenvalue weighted by Gasteiger charge is -1.99. The van der Waals surface area contributed by atoms with Crippen molar-refractivity contribution in [1.82, 2.24) is 0 Å². The van der Waals surface area contributed by atoms with Crippen LogP contribution in [0.5, 0.6) is 0 Å². The minimum Gasteiger partial charge on any atom is -0.299 e. The predicted octanol–water partition coefficient (Wildman–Crippen LogP) is 4.07. The standard InChI is InChI=1S/C11H21O/c1-3-4-5-6-7-8-9-11(2)10-12/h10H,3-9H2,1-2H3. The van der Waals surface area contributed by atoms with E-state index in [2.05, 4.69) is 6.92 Å². The molecule has 0 fully saturated rings. The minimum atomic E-state index is 0.978. The third-order valence-corrected chi connectivity index (χ3v) is 2.13. The highest BCUT2D eigenvalue weighted by atomic mass is 16.2. The summed E-state index contributed by atoms with van der Waals surface area (Å²) in [6, 6.07) is 0. The highest BCUT2D eigenvalue weighted by Gasteiger charge is 1.92. The maximum absolute atomic E-state index is 10.2. The fraction of sp³-hybridized carbons (Fsp3) is 0.818. The quantitative estimate of drug-likeness (QED) is 0.404. The summed E-state index contributed by atoms with van der Waals surface area (Å²) in [5.74, 6) is 0. The van der Waals surface area contributed by atoms with Gasteiger partial charge in [-0.2, -0.15) is 0 Å². The molecule has 0 saturated heterocycles. The van der Waals surface area contributed by atoms with Crippen molar-refractivity contribution in [3.05, 3.63) is 11.8 Å². The number of rotatable bonds is 7. The van der Waals surface area contributed by atoms with Crippen LogP contribution in [0.3, 0.4) is 0 Å². The molecular weight excluding hydrogens is 148 g/mol. The van der Waals surface area contributed by atoms with Gasteiger partial charge in [0.1, 0.15) is 6.26 Å². The molecule has 1 heteroatoms. The van der Waals surface area contributed by atoms with Gasteiger partial charge in [-0.05, 0) is 25.3 Å². The smallest absolute Gasteiger partial charge is 0.141 e. The van der Waals surface area contributed by atoms with E-state index in [1.807, 2.05) is 6.92 Å². The number of hydrogen-bond acceptors (Lipinski definition) is 0. The van der Waals surface area contributed by atoms with Crippen LogP contribution in [0.1, 0.15) is 58.8 Å². The van der Waals surface area contributed by atoms with Crippen molar-refractivity contribution >= 4 is 0 Å². The van der Waals surface area contributed by atoms with Crippen molar-refractivity contribution in [2.24, 2.45) is 0 Å². The van der Waals surface area contributed by atoms with Crippen LogP contribution >= 0.6 is 0 Å². The Bertz CT molecular complexity index is 116. The van der Waals surface area contributed by atoms with Crippen LogP contribution in [0.15, 0.2) is 11.8 Å². The van der Waals surface area contributed by atoms with Crippen molar-refractivity contribution in [2.45, 2.75) is 58.8 Å². The Kier molecular flexibility index (Phi) is 8.30. The molecule has 0 bridgehead atoms. The van der Waals surface area contributed by atoms with Crippen LogP contribution in [0.25, 0.3) is 0 Å². The molecule has 0 atom stereocenters. The van der Waals surface area contributed by atoms with Crippen LogP contribution in [0, 0.1) is 0 Å². The molecule has 12 heavy (non-hydrogen) atoms. The van der Waals surface area contributed by atoms with Gasteiger partial charge in [0.15, 0.2) is 0 Å². The Morgan fingerprint density at radius 1 is 1.08 bits per heavy atom. The molecule has 0 unspecified atom stereocenters. The van der Waals surface area contributed by atoms with E-state index in [1.54, 1.807) is 0 Å². The topological polar surface area (TPSA) is 19.9 Å². The summed E-state index contributed by atoms with van der Waals surface area (Å²) in [4.78, 5) is 0. The summed E-state index contributed by atoms with van der Waals surface area (Å²) in [6.45, 7) is 4.14. The SMILES string of the molecule is CCCCCCCCC(C)=C[O]. The molecule has 0 rings (SSSR count). The first-order valence-electron chi connectivity index (χ1n) is 5.09. The normalized spacial score (nSPS) is 12.0. The second kappa shape index (κ2) is 8.63. The van der Waals surface area contributed by atoms with Crippen LogP contribution in [0.2, 0.25) is 0 Å². The van der Waals surface area contributed by atoms with Gasteiger partial charge in [0.25, 0.3) is 0 Å². The van der Waals surface area contributed by atoms with Gasteiger partial charge < -0.3 is 0 Å². The van der Waals surface area contributed by atoms with Crippen molar-refractivity contribution in [1.29, 1.82) is 0 Å². The Labute approximate surface area is 76.5 Å². The van der Waals surface area contributed by atoms with Gasteiger partial charge in [0, 0.05) is 0 Å². The van der Waals surface area contributed by atoms with E-state index >= 15 is 0 Å². The van der Waals surface area contributed by atoms with Gasteiger partial charge in [-0.1, -0.05) is 39.0 Å². The molecule has 0 amide bonds. The summed E-state index contributed by atoms with van der Waals surface area (Å²) >= 11 is 0. The lowest BCUT2D eigenvalue weighted by atomic mass is 10.1. The lowest BCUT2D eigenvalue weighted by Crippen LogP contribution is -1.80. The molecule has 71 valence electrons. The van der Waals surface area contributed by atoms with E-state index in [0.717, 1.165) is 18.3 Å². The zero-order valence-electron chi connectivity index (χ0n) is 8.44.